The van der Waals surface area contributed by atoms with E-state index >= 15 is 0 Å². The summed E-state index contributed by atoms with van der Waals surface area (Å²) in [6, 6.07) is 0. The third-order valence-electron chi connectivity index (χ3n) is 0.331. The first-order valence-electron chi connectivity index (χ1n) is 1.30. The third-order valence-corrected chi connectivity index (χ3v) is 0.331. The van der Waals surface area contributed by atoms with Gasteiger partial charge in [-0.3, -0.25) is 0 Å². The number of hydrogen-bond donors (Lipinski definition) is 1. The second-order valence-corrected chi connectivity index (χ2v) is 0.656. The maximum atomic E-state index is 3.49. The molecule has 0 aliphatic carbocycles. The molecule has 0 saturated heterocycles. The van der Waals surface area contributed by atoms with Crippen LogP contribution in [0.2, 0.25) is 0 Å². The van der Waals surface area contributed by atoms with E-state index in [1.165, 1.54) is 0 Å². The summed E-state index contributed by atoms with van der Waals surface area (Å²) in [6.45, 7) is 0. The molecule has 0 aromatic carbocycles. The minimum Gasteiger partial charge on any atom is -1.00 e. The van der Waals surface area contributed by atoms with Gasteiger partial charge in [0, 0.05) is 0 Å². The predicted molar refractivity (Wildman–Crippen MR) is 16.4 cm³/mol. The molecule has 0 bridgehead atoms. The lowest BCUT2D eigenvalue weighted by Gasteiger charge is -1.48. The number of nitrogens with zero attached hydrogens (tertiary/aromatic N) is 2. The van der Waals surface area contributed by atoms with Crippen LogP contribution in [0.3, 0.4) is 0 Å². The molecule has 1 aromatic rings. The summed E-state index contributed by atoms with van der Waals surface area (Å²) in [5, 5.41) is 9.33. The number of aromatic nitrogens is 3. The highest BCUT2D eigenvalue weighted by atomic mass is 79.9. The van der Waals surface area contributed by atoms with Crippen LogP contribution >= 0.6 is 0 Å². The maximum Gasteiger partial charge on any atom is 0.0690 e. The van der Waals surface area contributed by atoms with E-state index in [2.05, 4.69) is 15.4 Å². The molecule has 0 fully saturated rings. The fourth-order valence-corrected chi connectivity index (χ4v) is 0.167. The second-order valence-electron chi connectivity index (χ2n) is 0.656. The Morgan fingerprint density at radius 3 is 1.83 bits per heavy atom. The Hall–Kier alpha value is -0.380. The molecule has 0 atom stereocenters. The fourth-order valence-electron chi connectivity index (χ4n) is 0.167. The highest BCUT2D eigenvalue weighted by Gasteiger charge is 1.57. The van der Waals surface area contributed by atoms with Crippen molar-refractivity contribution in [1.29, 1.82) is 0 Å². The summed E-state index contributed by atoms with van der Waals surface area (Å²) in [4.78, 5) is 0. The zero-order valence-electron chi connectivity index (χ0n) is 2.93. The molecule has 1 rings (SSSR count). The highest BCUT2D eigenvalue weighted by Crippen LogP contribution is 1.55. The Morgan fingerprint density at radius 1 is 1.17 bits per heavy atom. The van der Waals surface area contributed by atoms with E-state index in [-0.39, 0.29) is 17.0 Å². The van der Waals surface area contributed by atoms with Crippen LogP contribution in [0.15, 0.2) is 12.4 Å². The lowest BCUT2D eigenvalue weighted by Crippen LogP contribution is -3.00. The van der Waals surface area contributed by atoms with Crippen LogP contribution in [-0.4, -0.2) is 15.4 Å². The van der Waals surface area contributed by atoms with Gasteiger partial charge in [0.2, 0.25) is 0 Å². The van der Waals surface area contributed by atoms with Crippen molar-refractivity contribution in [3.63, 3.8) is 0 Å². The van der Waals surface area contributed by atoms with E-state index in [0.717, 1.165) is 0 Å². The normalized spacial score (nSPS) is 6.67. The number of H-pyrrole nitrogens is 1. The lowest BCUT2D eigenvalue weighted by molar-refractivity contribution is -0.00000119. The van der Waals surface area contributed by atoms with E-state index in [1.807, 2.05) is 0 Å². The van der Waals surface area contributed by atoms with E-state index in [0.29, 0.717) is 0 Å². The van der Waals surface area contributed by atoms with Crippen molar-refractivity contribution in [2.24, 2.45) is 0 Å². The first-order chi connectivity index (χ1) is 2.50. The number of hydrogen-bond acceptors (Lipinski definition) is 2. The van der Waals surface area contributed by atoms with Gasteiger partial charge in [-0.25, -0.2) is 0 Å². The largest absolute Gasteiger partial charge is 1.00 e. The van der Waals surface area contributed by atoms with E-state index in [1.54, 1.807) is 12.4 Å². The smallest absolute Gasteiger partial charge is 0.0690 e. The minimum absolute atomic E-state index is 0. The summed E-state index contributed by atoms with van der Waals surface area (Å²) < 4.78 is 0. The van der Waals surface area contributed by atoms with Gasteiger partial charge < -0.3 is 17.0 Å². The molecule has 1 heterocycles. The monoisotopic (exact) mass is 148 g/mol. The van der Waals surface area contributed by atoms with Gasteiger partial charge in [-0.05, 0) is 0 Å². The molecular formula is C2H3BrN3-. The maximum absolute atomic E-state index is 3.49. The molecule has 0 aliphatic rings. The predicted octanol–water partition coefficient (Wildman–Crippen LogP) is -3.19. The molecular weight excluding hydrogens is 146 g/mol. The van der Waals surface area contributed by atoms with Crippen LogP contribution < -0.4 is 17.0 Å². The Labute approximate surface area is 45.5 Å². The van der Waals surface area contributed by atoms with Gasteiger partial charge in [-0.15, -0.1) is 0 Å². The van der Waals surface area contributed by atoms with Crippen LogP contribution in [0.1, 0.15) is 0 Å². The average molecular weight is 149 g/mol. The van der Waals surface area contributed by atoms with Crippen LogP contribution in [0.25, 0.3) is 0 Å². The summed E-state index contributed by atoms with van der Waals surface area (Å²) in [5.41, 5.74) is 0. The summed E-state index contributed by atoms with van der Waals surface area (Å²) in [6.07, 6.45) is 3.17. The van der Waals surface area contributed by atoms with Gasteiger partial charge in [0.15, 0.2) is 0 Å². The molecule has 0 saturated carbocycles. The van der Waals surface area contributed by atoms with E-state index in [9.17, 15) is 0 Å². The molecule has 34 valence electrons. The van der Waals surface area contributed by atoms with E-state index in [4.69, 9.17) is 0 Å². The van der Waals surface area contributed by atoms with Gasteiger partial charge >= 0.3 is 0 Å². The number of aromatic amines is 1. The van der Waals surface area contributed by atoms with Crippen molar-refractivity contribution < 1.29 is 17.0 Å². The highest BCUT2D eigenvalue weighted by molar-refractivity contribution is 4.54. The quantitative estimate of drug-likeness (QED) is 0.422. The second kappa shape index (κ2) is 2.84. The average Bonchev–Trinajstić information content (AvgIpc) is 1.76. The van der Waals surface area contributed by atoms with Gasteiger partial charge in [-0.1, -0.05) is 0 Å². The molecule has 0 unspecified atom stereocenters. The number of rotatable bonds is 0. The zero-order chi connectivity index (χ0) is 3.54. The molecule has 6 heavy (non-hydrogen) atoms. The topological polar surface area (TPSA) is 41.6 Å². The molecule has 3 nitrogen and oxygen atoms in total. The molecule has 0 spiro atoms. The van der Waals surface area contributed by atoms with Crippen LogP contribution in [0.5, 0.6) is 0 Å². The lowest BCUT2D eigenvalue weighted by atomic mass is 11.0. The van der Waals surface area contributed by atoms with Gasteiger partial charge in [0.05, 0.1) is 12.4 Å². The molecule has 0 radical (unpaired) electrons. The van der Waals surface area contributed by atoms with Crippen LogP contribution in [-0.2, 0) is 0 Å². The number of nitrogens with one attached hydrogen (secondary N) is 1. The minimum atomic E-state index is 0. The van der Waals surface area contributed by atoms with Crippen LogP contribution in [0.4, 0.5) is 0 Å². The summed E-state index contributed by atoms with van der Waals surface area (Å²) in [7, 11) is 0. The first-order valence-corrected chi connectivity index (χ1v) is 1.30. The molecule has 0 amide bonds. The standard InChI is InChI=1S/C2H3N3.BrH/c1-2-4-5-3-1;/h1-2H,(H,3,4,5);1H/p-1. The Kier molecular flexibility index (Phi) is 2.66. The van der Waals surface area contributed by atoms with Crippen molar-refractivity contribution in [2.45, 2.75) is 0 Å². The van der Waals surface area contributed by atoms with Gasteiger partial charge in [0.1, 0.15) is 0 Å². The molecule has 1 N–H and O–H groups in total. The molecule has 4 heteroatoms. The van der Waals surface area contributed by atoms with Crippen molar-refractivity contribution in [3.05, 3.63) is 12.4 Å². The van der Waals surface area contributed by atoms with E-state index < -0.39 is 0 Å². The SMILES string of the molecule is [Br-].c1cn[nH]n1. The zero-order valence-corrected chi connectivity index (χ0v) is 4.51. The fraction of sp³-hybridized carbons (Fsp3) is 0. The Morgan fingerprint density at radius 2 is 1.67 bits per heavy atom. The van der Waals surface area contributed by atoms with Gasteiger partial charge in [-0.2, -0.15) is 15.4 Å². The third kappa shape index (κ3) is 1.16. The first kappa shape index (κ1) is 5.62. The summed E-state index contributed by atoms with van der Waals surface area (Å²) in [5.74, 6) is 0. The Balaban J connectivity index is 0.000000250. The molecule has 0 aliphatic heterocycles. The summed E-state index contributed by atoms with van der Waals surface area (Å²) >= 11 is 0. The van der Waals surface area contributed by atoms with Crippen molar-refractivity contribution in [2.75, 3.05) is 0 Å². The van der Waals surface area contributed by atoms with Crippen molar-refractivity contribution >= 4 is 0 Å². The number of halogens is 1. The van der Waals surface area contributed by atoms with Crippen LogP contribution in [0, 0.1) is 0 Å². The van der Waals surface area contributed by atoms with Gasteiger partial charge in [0.25, 0.3) is 0 Å². The van der Waals surface area contributed by atoms with Crippen molar-refractivity contribution in [1.82, 2.24) is 15.4 Å². The Bertz CT molecular complexity index is 65.3. The van der Waals surface area contributed by atoms with Crippen molar-refractivity contribution in [3.8, 4) is 0 Å². The molecule has 1 aromatic heterocycles.